The molecule has 0 atom stereocenters. The van der Waals surface area contributed by atoms with Gasteiger partial charge in [0.2, 0.25) is 0 Å². The summed E-state index contributed by atoms with van der Waals surface area (Å²) < 4.78 is 20.0. The first kappa shape index (κ1) is 61.0. The molecule has 2 radical (unpaired) electrons. The fraction of sp³-hybridized carbons (Fsp3) is 0.458. The van der Waals surface area contributed by atoms with E-state index >= 15 is 0 Å². The summed E-state index contributed by atoms with van der Waals surface area (Å²) in [6, 6.07) is 34.1. The van der Waals surface area contributed by atoms with Crippen molar-refractivity contribution in [2.75, 3.05) is 52.4 Å². The normalized spacial score (nSPS) is 16.9. The van der Waals surface area contributed by atoms with Gasteiger partial charge in [0, 0.05) is 48.4 Å². The van der Waals surface area contributed by atoms with E-state index in [-0.39, 0.29) is 44.1 Å². The van der Waals surface area contributed by atoms with E-state index in [4.69, 9.17) is 18.1 Å². The third-order valence-corrected chi connectivity index (χ3v) is 11.1. The zero-order valence-corrected chi connectivity index (χ0v) is 43.1. The van der Waals surface area contributed by atoms with Gasteiger partial charge in [0.25, 0.3) is 0 Å². The maximum absolute atomic E-state index is 9.64. The number of aliphatic imine (C=N–C) groups is 2. The van der Waals surface area contributed by atoms with E-state index < -0.39 is 16.3 Å². The molecule has 0 amide bonds. The molecular formula is C48H74N6Ni2O8P2+8. The second kappa shape index (κ2) is 33.4. The van der Waals surface area contributed by atoms with Gasteiger partial charge in [0.1, 0.15) is 0 Å². The number of rotatable bonds is 8. The van der Waals surface area contributed by atoms with Gasteiger partial charge in [-0.3, -0.25) is 28.1 Å². The molecule has 66 heavy (non-hydrogen) atoms. The molecule has 4 aromatic rings. The number of nitrogens with one attached hydrogen (secondary N) is 4. The Balaban J connectivity index is 0.000000437. The zero-order chi connectivity index (χ0) is 46.6. The molecule has 6 rings (SSSR count). The third-order valence-electron chi connectivity index (χ3n) is 9.32. The predicted octanol–water partition coefficient (Wildman–Crippen LogP) is 8.79. The quantitative estimate of drug-likeness (QED) is 0.0620. The molecule has 2 heterocycles. The summed E-state index contributed by atoms with van der Waals surface area (Å²) in [5.74, 6) is 1.40. The van der Waals surface area contributed by atoms with E-state index in [0.717, 1.165) is 78.0 Å². The molecule has 8 N–H and O–H groups in total. The zero-order valence-electron chi connectivity index (χ0n) is 39.3. The Morgan fingerprint density at radius 1 is 0.424 bits per heavy atom. The van der Waals surface area contributed by atoms with Crippen LogP contribution in [0.5, 0.6) is 23.0 Å². The van der Waals surface area contributed by atoms with Crippen LogP contribution >= 0.6 is 16.3 Å². The molecule has 366 valence electrons. The summed E-state index contributed by atoms with van der Waals surface area (Å²) in [5.41, 5.74) is 2.92. The van der Waals surface area contributed by atoms with Crippen LogP contribution in [0.1, 0.15) is 80.1 Å². The monoisotopic (exact) mass is 1040 g/mol. The Kier molecular flexibility index (Phi) is 30.9. The molecule has 4 aromatic carbocycles. The van der Waals surface area contributed by atoms with Crippen LogP contribution in [0, 0.1) is 0 Å². The van der Waals surface area contributed by atoms with Crippen molar-refractivity contribution in [3.8, 4) is 23.0 Å². The van der Waals surface area contributed by atoms with Crippen molar-refractivity contribution in [3.63, 3.8) is 0 Å². The molecule has 0 aliphatic carbocycles. The van der Waals surface area contributed by atoms with E-state index in [1.54, 1.807) is 121 Å². The van der Waals surface area contributed by atoms with Crippen LogP contribution in [-0.2, 0) is 33.0 Å². The summed E-state index contributed by atoms with van der Waals surface area (Å²) in [6.07, 6.45) is 6.84. The maximum atomic E-state index is 9.64. The third kappa shape index (κ3) is 30.4. The van der Waals surface area contributed by atoms with Crippen molar-refractivity contribution in [1.29, 1.82) is 0 Å². The number of hydrogen-bond acceptors (Lipinski definition) is 14. The number of hydrogen-bond donors (Lipinski definition) is 8. The summed E-state index contributed by atoms with van der Waals surface area (Å²) in [4.78, 5) is 47.8. The standard InChI is InChI=1S/2C12H25N3.2C12H12O4P.2Ni/c2*1-11-10-12(2,3)15-9-5-7-13-6-4-8-14-11;2*13-17(14,15-11-7-3-1-4-8-11)16-12-9-5-2-6-10-12;;/h2*13,15H,4-10H2,1-3H3;2*1-10,13-14H;;/q;;2*+1;2*+3. The van der Waals surface area contributed by atoms with Crippen molar-refractivity contribution in [2.24, 2.45) is 9.98 Å². The smallest absolute Gasteiger partial charge is 0.317 e. The minimum atomic E-state index is -3.89. The SMILES string of the molecule is CC1=NCCCNCCCNC(C)(C)C1.CC1=NCCCNCCCNC(C)(C)C1.O[P+](O)(Oc1ccccc1)Oc1ccccc1.O[P+](O)(Oc1ccccc1)Oc1ccccc1.[Ni+3].[Ni+3]. The van der Waals surface area contributed by atoms with Crippen molar-refractivity contribution >= 4 is 27.8 Å². The van der Waals surface area contributed by atoms with Crippen LogP contribution in [0.15, 0.2) is 131 Å². The molecule has 0 saturated carbocycles. The molecule has 0 bridgehead atoms. The molecule has 0 fully saturated rings. The van der Waals surface area contributed by atoms with Gasteiger partial charge < -0.3 is 21.3 Å². The molecule has 0 saturated heterocycles. The summed E-state index contributed by atoms with van der Waals surface area (Å²) in [7, 11) is -7.77. The van der Waals surface area contributed by atoms with Gasteiger partial charge in [-0.05, 0) is 155 Å². The van der Waals surface area contributed by atoms with Gasteiger partial charge in [0.05, 0.1) is 0 Å². The first-order chi connectivity index (χ1) is 30.5. The summed E-state index contributed by atoms with van der Waals surface area (Å²) in [6.45, 7) is 21.8. The number of para-hydroxylation sites is 4. The maximum Gasteiger partial charge on any atom is 3.00 e. The van der Waals surface area contributed by atoms with Gasteiger partial charge in [-0.2, -0.15) is 19.6 Å². The molecular weight excluding hydrogens is 968 g/mol. The summed E-state index contributed by atoms with van der Waals surface area (Å²) in [5, 5.41) is 14.0. The minimum Gasteiger partial charge on any atom is -0.317 e. The Labute approximate surface area is 415 Å². The Bertz CT molecular complexity index is 1670. The second-order valence-corrected chi connectivity index (χ2v) is 19.4. The number of nitrogens with zero attached hydrogens (tertiary/aromatic N) is 2. The molecule has 0 aromatic heterocycles. The molecule has 2 aliphatic heterocycles. The Hall–Kier alpha value is -3.05. The second-order valence-electron chi connectivity index (χ2n) is 16.7. The first-order valence-corrected chi connectivity index (χ1v) is 25.2. The molecule has 18 heteroatoms. The van der Waals surface area contributed by atoms with Crippen molar-refractivity contribution < 1.29 is 70.7 Å². The fourth-order valence-corrected chi connectivity index (χ4v) is 8.17. The average Bonchev–Trinajstić information content (AvgIpc) is 3.23. The van der Waals surface area contributed by atoms with Gasteiger partial charge in [-0.25, -0.2) is 0 Å². The van der Waals surface area contributed by atoms with Crippen molar-refractivity contribution in [3.05, 3.63) is 121 Å². The average molecular weight is 1040 g/mol. The van der Waals surface area contributed by atoms with Crippen LogP contribution in [-0.4, -0.2) is 94.4 Å². The van der Waals surface area contributed by atoms with Crippen LogP contribution in [0.4, 0.5) is 0 Å². The Morgan fingerprint density at radius 3 is 0.955 bits per heavy atom. The van der Waals surface area contributed by atoms with E-state index in [1.807, 2.05) is 0 Å². The van der Waals surface area contributed by atoms with Crippen LogP contribution in [0.25, 0.3) is 0 Å². The van der Waals surface area contributed by atoms with E-state index in [2.05, 4.69) is 72.8 Å². The van der Waals surface area contributed by atoms with Gasteiger partial charge in [-0.1, -0.05) is 72.8 Å². The van der Waals surface area contributed by atoms with Gasteiger partial charge >= 0.3 is 49.3 Å². The van der Waals surface area contributed by atoms with Crippen LogP contribution in [0.2, 0.25) is 0 Å². The largest absolute Gasteiger partial charge is 3.00 e. The van der Waals surface area contributed by atoms with E-state index in [1.165, 1.54) is 24.3 Å². The van der Waals surface area contributed by atoms with Crippen molar-refractivity contribution in [2.45, 2.75) is 91.1 Å². The van der Waals surface area contributed by atoms with Crippen LogP contribution in [0.3, 0.4) is 0 Å². The van der Waals surface area contributed by atoms with Gasteiger partial charge in [0.15, 0.2) is 23.0 Å². The number of benzene rings is 4. The minimum absolute atomic E-state index is 0. The fourth-order valence-electron chi connectivity index (χ4n) is 6.51. The summed E-state index contributed by atoms with van der Waals surface area (Å²) >= 11 is 0. The van der Waals surface area contributed by atoms with E-state index in [0.29, 0.717) is 23.0 Å². The van der Waals surface area contributed by atoms with Gasteiger partial charge in [-0.15, -0.1) is 0 Å². The van der Waals surface area contributed by atoms with E-state index in [9.17, 15) is 19.6 Å². The molecule has 0 unspecified atom stereocenters. The van der Waals surface area contributed by atoms with Crippen LogP contribution < -0.4 is 39.4 Å². The topological polar surface area (TPSA) is 191 Å². The first-order valence-electron chi connectivity index (χ1n) is 22.1. The molecule has 2 aliphatic rings. The molecule has 14 nitrogen and oxygen atoms in total. The van der Waals surface area contributed by atoms with Crippen molar-refractivity contribution in [1.82, 2.24) is 21.3 Å². The predicted molar refractivity (Wildman–Crippen MR) is 265 cm³/mol. The molecule has 0 spiro atoms. The Morgan fingerprint density at radius 2 is 0.682 bits per heavy atom.